The van der Waals surface area contributed by atoms with Crippen molar-refractivity contribution in [2.45, 2.75) is 0 Å². The van der Waals surface area contributed by atoms with Gasteiger partial charge >= 0.3 is 0 Å². The van der Waals surface area contributed by atoms with Gasteiger partial charge in [-0.25, -0.2) is 8.78 Å². The van der Waals surface area contributed by atoms with Crippen LogP contribution in [0.5, 0.6) is 0 Å². The Hall–Kier alpha value is -2.47. The summed E-state index contributed by atoms with van der Waals surface area (Å²) >= 11 is 0. The zero-order valence-electron chi connectivity index (χ0n) is 9.40. The first kappa shape index (κ1) is 12.0. The number of hydrogen-bond donors (Lipinski definition) is 0. The number of hydrogen-bond acceptors (Lipinski definition) is 1. The van der Waals surface area contributed by atoms with Gasteiger partial charge in [0.05, 0.1) is 11.6 Å². The first-order valence-corrected chi connectivity index (χ1v) is 5.33. The highest BCUT2D eigenvalue weighted by Crippen LogP contribution is 2.20. The Morgan fingerprint density at radius 3 is 2.28 bits per heavy atom. The molecule has 0 saturated carbocycles. The van der Waals surface area contributed by atoms with E-state index in [2.05, 4.69) is 0 Å². The Morgan fingerprint density at radius 2 is 1.67 bits per heavy atom. The molecule has 0 heterocycles. The second kappa shape index (κ2) is 5.24. The Bertz CT molecular complexity index is 622. The summed E-state index contributed by atoms with van der Waals surface area (Å²) in [6.07, 6.45) is 1.53. The van der Waals surface area contributed by atoms with Gasteiger partial charge in [0, 0.05) is 5.56 Å². The Morgan fingerprint density at radius 1 is 1.00 bits per heavy atom. The second-order valence-electron chi connectivity index (χ2n) is 3.70. The van der Waals surface area contributed by atoms with Gasteiger partial charge in [0.15, 0.2) is 0 Å². The monoisotopic (exact) mass is 241 g/mol. The highest BCUT2D eigenvalue weighted by Gasteiger charge is 2.06. The molecule has 1 nitrogen and oxygen atoms in total. The first-order chi connectivity index (χ1) is 8.70. The lowest BCUT2D eigenvalue weighted by Crippen LogP contribution is -1.87. The van der Waals surface area contributed by atoms with Crippen LogP contribution in [0.15, 0.2) is 48.5 Å². The van der Waals surface area contributed by atoms with Crippen LogP contribution in [-0.4, -0.2) is 0 Å². The van der Waals surface area contributed by atoms with Crippen LogP contribution in [0.2, 0.25) is 0 Å². The molecule has 0 fully saturated rings. The molecule has 0 spiro atoms. The van der Waals surface area contributed by atoms with Crippen LogP contribution in [0.1, 0.15) is 11.1 Å². The molecule has 88 valence electrons. The molecular formula is C15H9F2N. The Labute approximate surface area is 104 Å². The summed E-state index contributed by atoms with van der Waals surface area (Å²) in [5, 5.41) is 9.06. The topological polar surface area (TPSA) is 23.8 Å². The summed E-state index contributed by atoms with van der Waals surface area (Å²) in [5.74, 6) is -0.802. The second-order valence-corrected chi connectivity index (χ2v) is 3.70. The van der Waals surface area contributed by atoms with Crippen LogP contribution < -0.4 is 0 Å². The molecule has 0 aliphatic carbocycles. The number of halogens is 2. The van der Waals surface area contributed by atoms with Crippen LogP contribution in [-0.2, 0) is 0 Å². The van der Waals surface area contributed by atoms with Gasteiger partial charge in [0.1, 0.15) is 11.6 Å². The maximum Gasteiger partial charge on any atom is 0.131 e. The third-order valence-corrected chi connectivity index (χ3v) is 2.47. The zero-order valence-corrected chi connectivity index (χ0v) is 9.40. The molecule has 2 rings (SSSR count). The van der Waals surface area contributed by atoms with E-state index >= 15 is 0 Å². The molecule has 0 bridgehead atoms. The minimum atomic E-state index is -0.451. The lowest BCUT2D eigenvalue weighted by molar-refractivity contribution is 0.624. The van der Waals surface area contributed by atoms with Gasteiger partial charge in [-0.05, 0) is 29.8 Å². The number of nitrogens with zero attached hydrogens (tertiary/aromatic N) is 1. The average molecular weight is 241 g/mol. The van der Waals surface area contributed by atoms with Gasteiger partial charge in [0.2, 0.25) is 0 Å². The van der Waals surface area contributed by atoms with Gasteiger partial charge in [0.25, 0.3) is 0 Å². The van der Waals surface area contributed by atoms with E-state index in [0.717, 1.165) is 0 Å². The first-order valence-electron chi connectivity index (χ1n) is 5.33. The van der Waals surface area contributed by atoms with Crippen LogP contribution in [0.4, 0.5) is 8.78 Å². The summed E-state index contributed by atoms with van der Waals surface area (Å²) < 4.78 is 26.3. The summed E-state index contributed by atoms with van der Waals surface area (Å²) in [7, 11) is 0. The Kier molecular flexibility index (Phi) is 3.49. The van der Waals surface area contributed by atoms with Crippen molar-refractivity contribution in [2.24, 2.45) is 0 Å². The highest BCUT2D eigenvalue weighted by molar-refractivity contribution is 5.89. The van der Waals surface area contributed by atoms with E-state index in [1.807, 2.05) is 6.07 Å². The fourth-order valence-electron chi connectivity index (χ4n) is 1.58. The SMILES string of the molecule is N#C/C(=C/c1ccc(F)cc1)c1ccccc1F. The van der Waals surface area contributed by atoms with Crippen molar-refractivity contribution in [1.29, 1.82) is 5.26 Å². The molecule has 0 amide bonds. The normalized spacial score (nSPS) is 11.1. The third-order valence-electron chi connectivity index (χ3n) is 2.47. The Balaban J connectivity index is 2.44. The van der Waals surface area contributed by atoms with E-state index in [0.29, 0.717) is 5.56 Å². The maximum absolute atomic E-state index is 13.5. The minimum Gasteiger partial charge on any atom is -0.207 e. The minimum absolute atomic E-state index is 0.208. The van der Waals surface area contributed by atoms with E-state index in [9.17, 15) is 8.78 Å². The summed E-state index contributed by atoms with van der Waals surface area (Å²) in [6.45, 7) is 0. The van der Waals surface area contributed by atoms with Crippen LogP contribution >= 0.6 is 0 Å². The maximum atomic E-state index is 13.5. The molecule has 0 aliphatic heterocycles. The predicted molar refractivity (Wildman–Crippen MR) is 66.3 cm³/mol. The van der Waals surface area contributed by atoms with E-state index < -0.39 is 5.82 Å². The molecular weight excluding hydrogens is 232 g/mol. The average Bonchev–Trinajstić information content (AvgIpc) is 2.39. The van der Waals surface area contributed by atoms with Crippen molar-refractivity contribution in [2.75, 3.05) is 0 Å². The standard InChI is InChI=1S/C15H9F2N/c16-13-7-5-11(6-8-13)9-12(10-18)14-3-1-2-4-15(14)17/h1-9H/b12-9-. The van der Waals surface area contributed by atoms with Crippen molar-refractivity contribution in [3.63, 3.8) is 0 Å². The molecule has 0 N–H and O–H groups in total. The molecule has 3 heteroatoms. The molecule has 0 atom stereocenters. The van der Waals surface area contributed by atoms with Crippen LogP contribution in [0.3, 0.4) is 0 Å². The van der Waals surface area contributed by atoms with E-state index in [-0.39, 0.29) is 17.0 Å². The van der Waals surface area contributed by atoms with Gasteiger partial charge in [-0.1, -0.05) is 30.3 Å². The van der Waals surface area contributed by atoms with Gasteiger partial charge < -0.3 is 0 Å². The van der Waals surface area contributed by atoms with Gasteiger partial charge in [-0.2, -0.15) is 5.26 Å². The van der Waals surface area contributed by atoms with Crippen molar-refractivity contribution in [3.05, 3.63) is 71.3 Å². The molecule has 0 saturated heterocycles. The number of benzene rings is 2. The van der Waals surface area contributed by atoms with Crippen LogP contribution in [0.25, 0.3) is 11.6 Å². The van der Waals surface area contributed by atoms with Crippen LogP contribution in [0, 0.1) is 23.0 Å². The summed E-state index contributed by atoms with van der Waals surface area (Å²) in [5.41, 5.74) is 1.10. The molecule has 2 aromatic rings. The third kappa shape index (κ3) is 2.61. The summed E-state index contributed by atoms with van der Waals surface area (Å²) in [6, 6.07) is 13.7. The molecule has 0 aromatic heterocycles. The van der Waals surface area contributed by atoms with E-state index in [1.165, 1.54) is 42.5 Å². The fraction of sp³-hybridized carbons (Fsp3) is 0. The number of rotatable bonds is 2. The fourth-order valence-corrected chi connectivity index (χ4v) is 1.58. The molecule has 0 unspecified atom stereocenters. The zero-order chi connectivity index (χ0) is 13.0. The van der Waals surface area contributed by atoms with Crippen molar-refractivity contribution in [1.82, 2.24) is 0 Å². The van der Waals surface area contributed by atoms with Crippen molar-refractivity contribution < 1.29 is 8.78 Å². The number of allylic oxidation sites excluding steroid dienone is 1. The molecule has 0 radical (unpaired) electrons. The highest BCUT2D eigenvalue weighted by atomic mass is 19.1. The van der Waals surface area contributed by atoms with Crippen molar-refractivity contribution >= 4 is 11.6 Å². The molecule has 2 aromatic carbocycles. The lowest BCUT2D eigenvalue weighted by Gasteiger charge is -2.01. The predicted octanol–water partition coefficient (Wildman–Crippen LogP) is 4.03. The van der Waals surface area contributed by atoms with Gasteiger partial charge in [-0.3, -0.25) is 0 Å². The smallest absolute Gasteiger partial charge is 0.131 e. The largest absolute Gasteiger partial charge is 0.207 e. The quantitative estimate of drug-likeness (QED) is 0.575. The lowest BCUT2D eigenvalue weighted by atomic mass is 10.0. The number of nitriles is 1. The summed E-state index contributed by atoms with van der Waals surface area (Å²) in [4.78, 5) is 0. The van der Waals surface area contributed by atoms with E-state index in [1.54, 1.807) is 12.1 Å². The van der Waals surface area contributed by atoms with E-state index in [4.69, 9.17) is 5.26 Å². The molecule has 18 heavy (non-hydrogen) atoms. The van der Waals surface area contributed by atoms with Gasteiger partial charge in [-0.15, -0.1) is 0 Å². The molecule has 0 aliphatic rings. The van der Waals surface area contributed by atoms with Crippen molar-refractivity contribution in [3.8, 4) is 6.07 Å².